The lowest BCUT2D eigenvalue weighted by molar-refractivity contribution is 1.08. The number of hydrogen-bond acceptors (Lipinski definition) is 4. The van der Waals surface area contributed by atoms with Crippen molar-refractivity contribution in [1.82, 2.24) is 15.0 Å². The summed E-state index contributed by atoms with van der Waals surface area (Å²) in [6.45, 7) is 0. The van der Waals surface area contributed by atoms with Gasteiger partial charge in [0.1, 0.15) is 0 Å². The highest BCUT2D eigenvalue weighted by atomic mass is 32.1. The minimum atomic E-state index is 0.674. The first-order valence-electron chi connectivity index (χ1n) is 13.7. The largest absolute Gasteiger partial charge is 0.208 e. The Morgan fingerprint density at radius 3 is 1.76 bits per heavy atom. The summed E-state index contributed by atoms with van der Waals surface area (Å²) in [7, 11) is 0. The van der Waals surface area contributed by atoms with E-state index in [1.165, 1.54) is 53.2 Å². The predicted octanol–water partition coefficient (Wildman–Crippen LogP) is 10.0. The average molecular weight is 540 g/mol. The van der Waals surface area contributed by atoms with Gasteiger partial charge in [0.15, 0.2) is 17.5 Å². The number of nitrogens with zero attached hydrogens (tertiary/aromatic N) is 3. The molecular formula is C37H21N3S. The second kappa shape index (κ2) is 8.65. The Bertz CT molecular complexity index is 2240. The molecule has 0 fully saturated rings. The minimum absolute atomic E-state index is 0.674. The summed E-state index contributed by atoms with van der Waals surface area (Å²) in [6.07, 6.45) is 0. The number of hydrogen-bond donors (Lipinski definition) is 0. The Kier molecular flexibility index (Phi) is 4.77. The van der Waals surface area contributed by atoms with Gasteiger partial charge in [-0.1, -0.05) is 115 Å². The molecule has 0 unspecified atom stereocenters. The first-order chi connectivity index (χ1) is 20.3. The van der Waals surface area contributed by atoms with Crippen molar-refractivity contribution in [2.75, 3.05) is 0 Å². The minimum Gasteiger partial charge on any atom is -0.208 e. The smallest absolute Gasteiger partial charge is 0.164 e. The molecule has 8 aromatic rings. The van der Waals surface area contributed by atoms with Crippen LogP contribution in [-0.2, 0) is 0 Å². The van der Waals surface area contributed by atoms with Gasteiger partial charge in [0.05, 0.1) is 0 Å². The highest BCUT2D eigenvalue weighted by molar-refractivity contribution is 7.26. The maximum absolute atomic E-state index is 5.14. The van der Waals surface area contributed by atoms with E-state index in [-0.39, 0.29) is 0 Å². The Balaban J connectivity index is 1.42. The van der Waals surface area contributed by atoms with Gasteiger partial charge in [-0.25, -0.2) is 15.0 Å². The molecule has 9 rings (SSSR count). The van der Waals surface area contributed by atoms with E-state index in [4.69, 9.17) is 15.0 Å². The predicted molar refractivity (Wildman–Crippen MR) is 171 cm³/mol. The molecule has 2 aromatic heterocycles. The van der Waals surface area contributed by atoms with Crippen LogP contribution in [0.2, 0.25) is 0 Å². The third kappa shape index (κ3) is 3.35. The van der Waals surface area contributed by atoms with E-state index in [1.807, 2.05) is 47.7 Å². The summed E-state index contributed by atoms with van der Waals surface area (Å²) in [5.74, 6) is 2.04. The average Bonchev–Trinajstić information content (AvgIpc) is 3.59. The zero-order valence-corrected chi connectivity index (χ0v) is 22.7. The zero-order chi connectivity index (χ0) is 26.9. The van der Waals surface area contributed by atoms with Gasteiger partial charge >= 0.3 is 0 Å². The van der Waals surface area contributed by atoms with Gasteiger partial charge in [-0.05, 0) is 39.6 Å². The Morgan fingerprint density at radius 1 is 0.439 bits per heavy atom. The van der Waals surface area contributed by atoms with E-state index in [1.54, 1.807) is 0 Å². The van der Waals surface area contributed by atoms with Crippen LogP contribution < -0.4 is 0 Å². The lowest BCUT2D eigenvalue weighted by atomic mass is 9.96. The van der Waals surface area contributed by atoms with Crippen molar-refractivity contribution in [2.45, 2.75) is 0 Å². The lowest BCUT2D eigenvalue weighted by Gasteiger charge is -2.12. The quantitative estimate of drug-likeness (QED) is 0.224. The molecule has 2 heterocycles. The van der Waals surface area contributed by atoms with Gasteiger partial charge < -0.3 is 0 Å². The molecule has 4 heteroatoms. The fourth-order valence-corrected chi connectivity index (χ4v) is 7.55. The molecule has 0 spiro atoms. The Morgan fingerprint density at radius 2 is 1.05 bits per heavy atom. The molecule has 0 aliphatic heterocycles. The molecule has 41 heavy (non-hydrogen) atoms. The van der Waals surface area contributed by atoms with Crippen molar-refractivity contribution in [3.05, 3.63) is 127 Å². The number of thiophene rings is 1. The zero-order valence-electron chi connectivity index (χ0n) is 21.9. The Hall–Kier alpha value is -5.19. The molecule has 0 bridgehead atoms. The van der Waals surface area contributed by atoms with Gasteiger partial charge in [-0.3, -0.25) is 0 Å². The standard InChI is InChI=1S/C37H21N3S/c1-3-11-23(12-4-1)35-38-36(24-13-5-2-6-14-24)40-37(39-35)29-21-28-25-18-9-15-22-16-10-19-27(31(22)25)33(28)34-32(29)26-17-7-8-20-30(26)41-34/h1-21H. The summed E-state index contributed by atoms with van der Waals surface area (Å²) >= 11 is 1.86. The maximum atomic E-state index is 5.14. The monoisotopic (exact) mass is 539 g/mol. The van der Waals surface area contributed by atoms with Gasteiger partial charge in [-0.2, -0.15) is 0 Å². The molecule has 3 nitrogen and oxygen atoms in total. The van der Waals surface area contributed by atoms with Crippen LogP contribution >= 0.6 is 11.3 Å². The third-order valence-electron chi connectivity index (χ3n) is 8.05. The van der Waals surface area contributed by atoms with E-state index < -0.39 is 0 Å². The first-order valence-corrected chi connectivity index (χ1v) is 14.5. The van der Waals surface area contributed by atoms with Crippen molar-refractivity contribution in [1.29, 1.82) is 0 Å². The third-order valence-corrected chi connectivity index (χ3v) is 9.24. The SMILES string of the molecule is c1ccc(-c2nc(-c3ccccc3)nc(-c3cc4c(c5sc6ccccc6c35)-c3cccc5cccc-4c35)n2)cc1. The van der Waals surface area contributed by atoms with Crippen molar-refractivity contribution in [3.8, 4) is 56.4 Å². The van der Waals surface area contributed by atoms with Crippen LogP contribution in [0.25, 0.3) is 87.4 Å². The Labute approximate surface area is 240 Å². The van der Waals surface area contributed by atoms with Gasteiger partial charge in [0, 0.05) is 42.4 Å². The van der Waals surface area contributed by atoms with E-state index in [0.29, 0.717) is 17.5 Å². The first kappa shape index (κ1) is 22.6. The van der Waals surface area contributed by atoms with Gasteiger partial charge in [0.2, 0.25) is 0 Å². The van der Waals surface area contributed by atoms with Crippen LogP contribution in [0.5, 0.6) is 0 Å². The van der Waals surface area contributed by atoms with Crippen molar-refractivity contribution in [2.24, 2.45) is 0 Å². The molecule has 0 radical (unpaired) electrons. The molecule has 190 valence electrons. The molecule has 0 N–H and O–H groups in total. The number of rotatable bonds is 3. The maximum Gasteiger partial charge on any atom is 0.164 e. The van der Waals surface area contributed by atoms with Crippen molar-refractivity contribution in [3.63, 3.8) is 0 Å². The highest BCUT2D eigenvalue weighted by Gasteiger charge is 2.28. The van der Waals surface area contributed by atoms with E-state index in [0.717, 1.165) is 16.7 Å². The summed E-state index contributed by atoms with van der Waals surface area (Å²) in [4.78, 5) is 15.2. The van der Waals surface area contributed by atoms with Crippen molar-refractivity contribution >= 4 is 42.3 Å². The molecule has 6 aromatic carbocycles. The number of aromatic nitrogens is 3. The second-order valence-corrected chi connectivity index (χ2v) is 11.4. The van der Waals surface area contributed by atoms with Crippen LogP contribution in [0.1, 0.15) is 0 Å². The molecule has 0 amide bonds. The second-order valence-electron chi connectivity index (χ2n) is 10.4. The van der Waals surface area contributed by atoms with Crippen LogP contribution in [0.4, 0.5) is 0 Å². The van der Waals surface area contributed by atoms with Crippen LogP contribution in [0, 0.1) is 0 Å². The summed E-state index contributed by atoms with van der Waals surface area (Å²) < 4.78 is 2.55. The molecule has 0 atom stereocenters. The van der Waals surface area contributed by atoms with Crippen LogP contribution in [0.15, 0.2) is 127 Å². The summed E-state index contributed by atoms with van der Waals surface area (Å²) in [5.41, 5.74) is 8.12. The topological polar surface area (TPSA) is 38.7 Å². The number of fused-ring (bicyclic) bond motifs is 7. The van der Waals surface area contributed by atoms with Crippen molar-refractivity contribution < 1.29 is 0 Å². The van der Waals surface area contributed by atoms with Crippen LogP contribution in [0.3, 0.4) is 0 Å². The number of benzene rings is 6. The fraction of sp³-hybridized carbons (Fsp3) is 0. The molecule has 0 saturated heterocycles. The molecule has 1 aliphatic rings. The lowest BCUT2D eigenvalue weighted by Crippen LogP contribution is -2.00. The highest BCUT2D eigenvalue weighted by Crippen LogP contribution is 2.55. The summed E-state index contributed by atoms with van der Waals surface area (Å²) in [6, 6.07) is 44.7. The van der Waals surface area contributed by atoms with Gasteiger partial charge in [0.25, 0.3) is 0 Å². The van der Waals surface area contributed by atoms with E-state index in [2.05, 4.69) is 91.0 Å². The van der Waals surface area contributed by atoms with E-state index >= 15 is 0 Å². The summed E-state index contributed by atoms with van der Waals surface area (Å²) in [5, 5.41) is 5.03. The van der Waals surface area contributed by atoms with E-state index in [9.17, 15) is 0 Å². The van der Waals surface area contributed by atoms with Crippen LogP contribution in [-0.4, -0.2) is 15.0 Å². The normalized spacial score (nSPS) is 11.9. The van der Waals surface area contributed by atoms with Gasteiger partial charge in [-0.15, -0.1) is 11.3 Å². The molecule has 1 aliphatic carbocycles. The molecule has 0 saturated carbocycles. The molecular weight excluding hydrogens is 518 g/mol. The fourth-order valence-electron chi connectivity index (χ4n) is 6.26.